The lowest BCUT2D eigenvalue weighted by molar-refractivity contribution is 0.318. The first kappa shape index (κ1) is 16.4. The molecule has 3 N–H and O–H groups in total. The van der Waals surface area contributed by atoms with Crippen LogP contribution in [0.3, 0.4) is 0 Å². The van der Waals surface area contributed by atoms with Gasteiger partial charge in [0.25, 0.3) is 0 Å². The Balaban J connectivity index is 2.55. The van der Waals surface area contributed by atoms with E-state index >= 15 is 0 Å². The molecule has 1 saturated heterocycles. The quantitative estimate of drug-likeness (QED) is 0.349. The molecule has 0 bridgehead atoms. The molecule has 9 heteroatoms. The fourth-order valence-electron chi connectivity index (χ4n) is 2.22. The van der Waals surface area contributed by atoms with Crippen molar-refractivity contribution in [2.45, 2.75) is 5.37 Å². The third-order valence-electron chi connectivity index (χ3n) is 3.23. The van der Waals surface area contributed by atoms with Crippen molar-refractivity contribution in [3.05, 3.63) is 28.2 Å². The molecular formula is C12H16BrN3O3S2. The van der Waals surface area contributed by atoms with E-state index in [2.05, 4.69) is 21.1 Å². The van der Waals surface area contributed by atoms with Crippen molar-refractivity contribution in [2.75, 3.05) is 29.2 Å². The van der Waals surface area contributed by atoms with Crippen LogP contribution in [0.2, 0.25) is 0 Å². The molecule has 21 heavy (non-hydrogen) atoms. The fraction of sp³-hybridized carbons (Fsp3) is 0.417. The summed E-state index contributed by atoms with van der Waals surface area (Å²) in [5.74, 6) is 1.29. The van der Waals surface area contributed by atoms with Crippen molar-refractivity contribution in [3.63, 3.8) is 0 Å². The molecule has 0 amide bonds. The number of amidine groups is 1. The van der Waals surface area contributed by atoms with E-state index < -0.39 is 15.2 Å². The van der Waals surface area contributed by atoms with Gasteiger partial charge < -0.3 is 15.8 Å². The van der Waals surface area contributed by atoms with Crippen LogP contribution in [0, 0.1) is 0 Å². The molecule has 116 valence electrons. The van der Waals surface area contributed by atoms with Crippen LogP contribution in [0.25, 0.3) is 0 Å². The topological polar surface area (TPSA) is 96.0 Å². The number of halogens is 1. The number of anilines is 1. The Morgan fingerprint density at radius 1 is 1.57 bits per heavy atom. The second-order valence-electron chi connectivity index (χ2n) is 4.70. The standard InChI is InChI=1S/C12H16BrN3O3S2/c1-21(18,19)11-7-20-5-4-16(11)10-6-8(13)2-3-9(10)12(14)15-17/h2-3,6,11,17H,4-5,7H2,1H3,(H2,14,15). The number of nitrogens with zero attached hydrogens (tertiary/aromatic N) is 2. The van der Waals surface area contributed by atoms with E-state index in [0.717, 1.165) is 10.2 Å². The van der Waals surface area contributed by atoms with Crippen molar-refractivity contribution >= 4 is 49.1 Å². The summed E-state index contributed by atoms with van der Waals surface area (Å²) in [4.78, 5) is 1.81. The lowest BCUT2D eigenvalue weighted by Gasteiger charge is -2.37. The second-order valence-corrected chi connectivity index (χ2v) is 8.97. The molecule has 0 spiro atoms. The predicted molar refractivity (Wildman–Crippen MR) is 90.0 cm³/mol. The highest BCUT2D eigenvalue weighted by atomic mass is 79.9. The molecule has 1 aliphatic rings. The maximum atomic E-state index is 12.0. The van der Waals surface area contributed by atoms with Crippen molar-refractivity contribution in [1.82, 2.24) is 0 Å². The molecule has 0 aliphatic carbocycles. The van der Waals surface area contributed by atoms with Gasteiger partial charge in [-0.2, -0.15) is 11.8 Å². The van der Waals surface area contributed by atoms with Gasteiger partial charge in [-0.15, -0.1) is 0 Å². The third-order valence-corrected chi connectivity index (χ3v) is 6.37. The summed E-state index contributed by atoms with van der Waals surface area (Å²) >= 11 is 4.99. The number of nitrogens with two attached hydrogens (primary N) is 1. The minimum absolute atomic E-state index is 0.0389. The smallest absolute Gasteiger partial charge is 0.172 e. The number of sulfone groups is 1. The summed E-state index contributed by atoms with van der Waals surface area (Å²) in [5, 5.41) is 11.3. The van der Waals surface area contributed by atoms with Gasteiger partial charge in [0.1, 0.15) is 5.37 Å². The molecule has 0 radical (unpaired) electrons. The Hall–Kier alpha value is -0.930. The fourth-order valence-corrected chi connectivity index (χ4v) is 5.41. The SMILES string of the molecule is CS(=O)(=O)C1CSCCN1c1cc(Br)ccc1/C(N)=N/O. The van der Waals surface area contributed by atoms with Crippen LogP contribution in [-0.4, -0.2) is 49.1 Å². The first-order chi connectivity index (χ1) is 9.84. The average molecular weight is 394 g/mol. The number of oxime groups is 1. The van der Waals surface area contributed by atoms with Crippen LogP contribution in [0.1, 0.15) is 5.56 Å². The van der Waals surface area contributed by atoms with Gasteiger partial charge in [-0.05, 0) is 18.2 Å². The summed E-state index contributed by atoms with van der Waals surface area (Å²) in [7, 11) is -3.24. The molecule has 1 aliphatic heterocycles. The summed E-state index contributed by atoms with van der Waals surface area (Å²) < 4.78 is 24.9. The van der Waals surface area contributed by atoms with Crippen LogP contribution < -0.4 is 10.6 Å². The summed E-state index contributed by atoms with van der Waals surface area (Å²) in [6.07, 6.45) is 1.23. The highest BCUT2D eigenvalue weighted by Gasteiger charge is 2.32. The summed E-state index contributed by atoms with van der Waals surface area (Å²) in [6, 6.07) is 5.27. The Labute approximate surface area is 136 Å². The molecule has 0 aromatic heterocycles. The number of thioether (sulfide) groups is 1. The van der Waals surface area contributed by atoms with Crippen LogP contribution in [0.4, 0.5) is 5.69 Å². The zero-order valence-corrected chi connectivity index (χ0v) is 14.6. The third kappa shape index (κ3) is 3.64. The van der Waals surface area contributed by atoms with Crippen molar-refractivity contribution in [3.8, 4) is 0 Å². The van der Waals surface area contributed by atoms with Crippen LogP contribution in [-0.2, 0) is 9.84 Å². The van der Waals surface area contributed by atoms with Gasteiger partial charge >= 0.3 is 0 Å². The zero-order chi connectivity index (χ0) is 15.6. The molecule has 0 saturated carbocycles. The van der Waals surface area contributed by atoms with E-state index in [-0.39, 0.29) is 5.84 Å². The maximum Gasteiger partial charge on any atom is 0.172 e. The molecule has 6 nitrogen and oxygen atoms in total. The summed E-state index contributed by atoms with van der Waals surface area (Å²) in [5.41, 5.74) is 6.87. The first-order valence-corrected chi connectivity index (χ1v) is 10.1. The molecule has 1 aromatic rings. The molecule has 2 rings (SSSR count). The van der Waals surface area contributed by atoms with Gasteiger partial charge in [-0.1, -0.05) is 21.1 Å². The number of hydrogen-bond donors (Lipinski definition) is 2. The van der Waals surface area contributed by atoms with E-state index in [1.165, 1.54) is 6.26 Å². The minimum atomic E-state index is -3.24. The van der Waals surface area contributed by atoms with Gasteiger partial charge in [0, 0.05) is 34.3 Å². The van der Waals surface area contributed by atoms with Crippen LogP contribution >= 0.6 is 27.7 Å². The highest BCUT2D eigenvalue weighted by molar-refractivity contribution is 9.10. The zero-order valence-electron chi connectivity index (χ0n) is 11.4. The Morgan fingerprint density at radius 3 is 2.90 bits per heavy atom. The normalized spacial score (nSPS) is 20.6. The van der Waals surface area contributed by atoms with Crippen molar-refractivity contribution in [2.24, 2.45) is 10.9 Å². The molecule has 1 fully saturated rings. The molecule has 1 heterocycles. The molecule has 1 aromatic carbocycles. The van der Waals surface area contributed by atoms with Crippen LogP contribution in [0.5, 0.6) is 0 Å². The maximum absolute atomic E-state index is 12.0. The number of benzene rings is 1. The average Bonchev–Trinajstić information content (AvgIpc) is 2.45. The Bertz CT molecular complexity index is 664. The molecule has 1 unspecified atom stereocenters. The van der Waals surface area contributed by atoms with E-state index in [1.54, 1.807) is 30.0 Å². The lowest BCUT2D eigenvalue weighted by atomic mass is 10.1. The number of rotatable bonds is 3. The van der Waals surface area contributed by atoms with Crippen LogP contribution in [0.15, 0.2) is 27.8 Å². The lowest BCUT2D eigenvalue weighted by Crippen LogP contribution is -2.47. The first-order valence-electron chi connectivity index (χ1n) is 6.15. The monoisotopic (exact) mass is 393 g/mol. The van der Waals surface area contributed by atoms with Gasteiger partial charge in [-0.3, -0.25) is 0 Å². The molecular weight excluding hydrogens is 378 g/mol. The Morgan fingerprint density at radius 2 is 2.29 bits per heavy atom. The van der Waals surface area contributed by atoms with E-state index in [9.17, 15) is 8.42 Å². The van der Waals surface area contributed by atoms with Gasteiger partial charge in [0.15, 0.2) is 15.7 Å². The van der Waals surface area contributed by atoms with E-state index in [4.69, 9.17) is 10.9 Å². The molecule has 1 atom stereocenters. The van der Waals surface area contributed by atoms with Gasteiger partial charge in [0.05, 0.1) is 5.69 Å². The highest BCUT2D eigenvalue weighted by Crippen LogP contribution is 2.31. The van der Waals surface area contributed by atoms with E-state index in [1.807, 2.05) is 4.90 Å². The second kappa shape index (κ2) is 6.45. The van der Waals surface area contributed by atoms with Gasteiger partial charge in [0.2, 0.25) is 0 Å². The van der Waals surface area contributed by atoms with Gasteiger partial charge in [-0.25, -0.2) is 8.42 Å². The predicted octanol–water partition coefficient (Wildman–Crippen LogP) is 1.47. The van der Waals surface area contributed by atoms with Crippen molar-refractivity contribution < 1.29 is 13.6 Å². The number of hydrogen-bond acceptors (Lipinski definition) is 6. The van der Waals surface area contributed by atoms with Crippen molar-refractivity contribution in [1.29, 1.82) is 0 Å². The Kier molecular flexibility index (Phi) is 5.05. The minimum Gasteiger partial charge on any atom is -0.409 e. The largest absolute Gasteiger partial charge is 0.409 e. The van der Waals surface area contributed by atoms with E-state index in [0.29, 0.717) is 23.5 Å². The summed E-state index contributed by atoms with van der Waals surface area (Å²) in [6.45, 7) is 0.588.